The summed E-state index contributed by atoms with van der Waals surface area (Å²) in [4.78, 5) is -0.159. The number of benzene rings is 1. The molecule has 0 saturated carbocycles. The molecule has 0 amide bonds. The highest BCUT2D eigenvalue weighted by atomic mass is 35.7. The van der Waals surface area contributed by atoms with Crippen LogP contribution in [0.4, 0.5) is 0 Å². The van der Waals surface area contributed by atoms with Gasteiger partial charge in [-0.25, -0.2) is 8.42 Å². The molecule has 1 fully saturated rings. The summed E-state index contributed by atoms with van der Waals surface area (Å²) in [5.41, 5.74) is 0. The molecular weight excluding hydrogens is 335 g/mol. The minimum Gasteiger partial charge on any atom is -0.488 e. The van der Waals surface area contributed by atoms with Crippen molar-refractivity contribution in [3.8, 4) is 5.75 Å². The van der Waals surface area contributed by atoms with Crippen molar-refractivity contribution in [1.82, 2.24) is 0 Å². The number of halogens is 3. The Kier molecular flexibility index (Phi) is 4.84. The fourth-order valence-electron chi connectivity index (χ4n) is 1.77. The molecule has 0 bridgehead atoms. The summed E-state index contributed by atoms with van der Waals surface area (Å²) in [5, 5.41) is 0.203. The molecule has 4 nitrogen and oxygen atoms in total. The minimum absolute atomic E-state index is 0.0172. The number of hydrogen-bond acceptors (Lipinski definition) is 4. The summed E-state index contributed by atoms with van der Waals surface area (Å²) in [6.45, 7) is 1.05. The Morgan fingerprint density at radius 3 is 2.42 bits per heavy atom. The Balaban J connectivity index is 2.17. The van der Waals surface area contributed by atoms with Gasteiger partial charge in [0.15, 0.2) is 5.75 Å². The largest absolute Gasteiger partial charge is 0.488 e. The van der Waals surface area contributed by atoms with Gasteiger partial charge in [0.2, 0.25) is 0 Å². The smallest absolute Gasteiger partial charge is 0.261 e. The fraction of sp³-hybridized carbons (Fsp3) is 0.455. The van der Waals surface area contributed by atoms with Crippen molar-refractivity contribution in [3.63, 3.8) is 0 Å². The Hall–Kier alpha value is -0.200. The van der Waals surface area contributed by atoms with Crippen molar-refractivity contribution in [2.45, 2.75) is 23.8 Å². The first-order valence-electron chi connectivity index (χ1n) is 5.56. The molecule has 0 aromatic heterocycles. The van der Waals surface area contributed by atoms with E-state index in [1.165, 1.54) is 12.1 Å². The highest BCUT2D eigenvalue weighted by Crippen LogP contribution is 2.36. The first-order valence-corrected chi connectivity index (χ1v) is 8.62. The zero-order chi connectivity index (χ0) is 14.0. The lowest BCUT2D eigenvalue weighted by Gasteiger charge is -2.14. The van der Waals surface area contributed by atoms with Crippen LogP contribution < -0.4 is 4.74 Å². The first-order chi connectivity index (χ1) is 8.88. The highest BCUT2D eigenvalue weighted by Gasteiger charge is 2.20. The van der Waals surface area contributed by atoms with Crippen LogP contribution in [0.15, 0.2) is 17.0 Å². The van der Waals surface area contributed by atoms with Crippen LogP contribution in [0.25, 0.3) is 0 Å². The maximum Gasteiger partial charge on any atom is 0.261 e. The number of hydrogen-bond donors (Lipinski definition) is 0. The summed E-state index contributed by atoms with van der Waals surface area (Å²) in [6.07, 6.45) is 1.94. The predicted octanol–water partition coefficient (Wildman–Crippen LogP) is 3.48. The monoisotopic (exact) mass is 344 g/mol. The van der Waals surface area contributed by atoms with Gasteiger partial charge in [0.05, 0.1) is 21.0 Å². The molecule has 0 aliphatic carbocycles. The third-order valence-electron chi connectivity index (χ3n) is 2.69. The van der Waals surface area contributed by atoms with E-state index in [4.69, 9.17) is 43.4 Å². The van der Waals surface area contributed by atoms with Gasteiger partial charge in [-0.1, -0.05) is 23.2 Å². The predicted molar refractivity (Wildman–Crippen MR) is 74.0 cm³/mol. The van der Waals surface area contributed by atoms with Crippen LogP contribution in [-0.2, 0) is 13.8 Å². The lowest BCUT2D eigenvalue weighted by Crippen LogP contribution is -2.16. The number of ether oxygens (including phenoxy) is 2. The third-order valence-corrected chi connectivity index (χ3v) is 4.59. The van der Waals surface area contributed by atoms with Crippen LogP contribution in [0.3, 0.4) is 0 Å². The van der Waals surface area contributed by atoms with E-state index in [0.29, 0.717) is 6.61 Å². The van der Waals surface area contributed by atoms with Gasteiger partial charge < -0.3 is 9.47 Å². The minimum atomic E-state index is -3.87. The summed E-state index contributed by atoms with van der Waals surface area (Å²) in [7, 11) is 1.36. The summed E-state index contributed by atoms with van der Waals surface area (Å²) in [6, 6.07) is 2.42. The maximum absolute atomic E-state index is 11.2. The van der Waals surface area contributed by atoms with E-state index in [1.54, 1.807) is 0 Å². The zero-order valence-corrected chi connectivity index (χ0v) is 12.8. The lowest BCUT2D eigenvalue weighted by molar-refractivity contribution is 0.0680. The third kappa shape index (κ3) is 3.89. The van der Waals surface area contributed by atoms with E-state index in [1.807, 2.05) is 0 Å². The Morgan fingerprint density at radius 1 is 1.32 bits per heavy atom. The lowest BCUT2D eigenvalue weighted by atomic mass is 10.2. The van der Waals surface area contributed by atoms with Gasteiger partial charge in [-0.15, -0.1) is 0 Å². The second-order valence-electron chi connectivity index (χ2n) is 4.10. The molecule has 1 saturated heterocycles. The molecule has 8 heteroatoms. The summed E-state index contributed by atoms with van der Waals surface area (Å²) < 4.78 is 33.3. The molecule has 2 rings (SSSR count). The van der Waals surface area contributed by atoms with Crippen LogP contribution in [0.2, 0.25) is 10.0 Å². The average molecular weight is 346 g/mol. The van der Waals surface area contributed by atoms with Gasteiger partial charge in [-0.3, -0.25) is 0 Å². The van der Waals surface area contributed by atoms with Crippen LogP contribution >= 0.6 is 33.9 Å². The molecule has 1 aliphatic rings. The molecule has 1 aromatic rings. The number of rotatable bonds is 4. The van der Waals surface area contributed by atoms with Crippen molar-refractivity contribution in [2.24, 2.45) is 0 Å². The van der Waals surface area contributed by atoms with Gasteiger partial charge in [0.1, 0.15) is 6.61 Å². The van der Waals surface area contributed by atoms with Gasteiger partial charge >= 0.3 is 0 Å². The molecule has 1 heterocycles. The van der Waals surface area contributed by atoms with Crippen molar-refractivity contribution < 1.29 is 17.9 Å². The molecule has 0 radical (unpaired) electrons. The van der Waals surface area contributed by atoms with Gasteiger partial charge in [0, 0.05) is 17.3 Å². The quantitative estimate of drug-likeness (QED) is 0.784. The molecular formula is C11H11Cl3O4S. The molecule has 19 heavy (non-hydrogen) atoms. The normalized spacial score (nSPS) is 19.6. The van der Waals surface area contributed by atoms with Crippen molar-refractivity contribution in [3.05, 3.63) is 22.2 Å². The van der Waals surface area contributed by atoms with Crippen molar-refractivity contribution >= 4 is 42.9 Å². The highest BCUT2D eigenvalue weighted by molar-refractivity contribution is 8.13. The van der Waals surface area contributed by atoms with E-state index in [-0.39, 0.29) is 26.8 Å². The van der Waals surface area contributed by atoms with Crippen molar-refractivity contribution in [1.29, 1.82) is 0 Å². The van der Waals surface area contributed by atoms with E-state index in [0.717, 1.165) is 19.4 Å². The van der Waals surface area contributed by atoms with Crippen LogP contribution in [0.1, 0.15) is 12.8 Å². The molecule has 1 atom stereocenters. The van der Waals surface area contributed by atoms with Gasteiger partial charge in [0.25, 0.3) is 9.05 Å². The Morgan fingerprint density at radius 2 is 1.95 bits per heavy atom. The topological polar surface area (TPSA) is 52.6 Å². The first kappa shape index (κ1) is 15.2. The SMILES string of the molecule is O=S(=O)(Cl)c1cc(Cl)c(OCC2CCCO2)c(Cl)c1. The van der Waals surface area contributed by atoms with Crippen LogP contribution in [-0.4, -0.2) is 27.7 Å². The second kappa shape index (κ2) is 6.06. The van der Waals surface area contributed by atoms with Crippen molar-refractivity contribution in [2.75, 3.05) is 13.2 Å². The summed E-state index contributed by atoms with van der Waals surface area (Å²) >= 11 is 11.9. The molecule has 0 N–H and O–H groups in total. The Bertz CT molecular complexity index is 544. The molecule has 1 aliphatic heterocycles. The van der Waals surface area contributed by atoms with E-state index in [2.05, 4.69) is 0 Å². The standard InChI is InChI=1S/C11H11Cl3O4S/c12-9-4-8(19(14,15)16)5-10(13)11(9)18-6-7-2-1-3-17-7/h4-5,7H,1-3,6H2. The summed E-state index contributed by atoms with van der Waals surface area (Å²) in [5.74, 6) is 0.239. The van der Waals surface area contributed by atoms with E-state index in [9.17, 15) is 8.42 Å². The molecule has 1 aromatic carbocycles. The molecule has 106 valence electrons. The maximum atomic E-state index is 11.2. The van der Waals surface area contributed by atoms with Gasteiger partial charge in [-0.05, 0) is 25.0 Å². The van der Waals surface area contributed by atoms with E-state index >= 15 is 0 Å². The van der Waals surface area contributed by atoms with E-state index < -0.39 is 9.05 Å². The van der Waals surface area contributed by atoms with Crippen LogP contribution in [0, 0.1) is 0 Å². The zero-order valence-electron chi connectivity index (χ0n) is 9.74. The fourth-order valence-corrected chi connectivity index (χ4v) is 3.28. The second-order valence-corrected chi connectivity index (χ2v) is 7.48. The average Bonchev–Trinajstić information content (AvgIpc) is 2.79. The van der Waals surface area contributed by atoms with Gasteiger partial charge in [-0.2, -0.15) is 0 Å². The molecule has 0 spiro atoms. The molecule has 1 unspecified atom stereocenters. The Labute approximate surface area is 126 Å². The van der Waals surface area contributed by atoms with Crippen LogP contribution in [0.5, 0.6) is 5.75 Å².